The number of benzene rings is 1. The molecule has 1 radical (unpaired) electrons. The van der Waals surface area contributed by atoms with Gasteiger partial charge in [-0.25, -0.2) is 0 Å². The van der Waals surface area contributed by atoms with Gasteiger partial charge in [0.2, 0.25) is 0 Å². The molecule has 0 aliphatic heterocycles. The lowest BCUT2D eigenvalue weighted by atomic mass is 10.0. The number of unbranched alkanes of at least 4 members (excludes halogenated alkanes) is 5. The van der Waals surface area contributed by atoms with Crippen molar-refractivity contribution in [2.75, 3.05) is 0 Å². The molecule has 0 spiro atoms. The molecular formula is C14H20NO2. The van der Waals surface area contributed by atoms with E-state index in [0.29, 0.717) is 0 Å². The Morgan fingerprint density at radius 2 is 1.94 bits per heavy atom. The molecule has 1 rings (SSSR count). The van der Waals surface area contributed by atoms with Crippen LogP contribution in [0, 0.1) is 16.2 Å². The van der Waals surface area contributed by atoms with Crippen LogP contribution in [0.3, 0.4) is 0 Å². The van der Waals surface area contributed by atoms with Crippen molar-refractivity contribution in [1.29, 1.82) is 0 Å². The zero-order chi connectivity index (χ0) is 12.5. The van der Waals surface area contributed by atoms with E-state index in [9.17, 15) is 10.1 Å². The molecule has 3 heteroatoms. The number of nitrogens with zero attached hydrogens (tertiary/aromatic N) is 1. The first kappa shape index (κ1) is 13.7. The standard InChI is InChI=1S/C14H20NO2/c1-2-3-4-5-6-7-10-13-11-8-9-12-14(13)15(16)17/h8-9,11H,2-7,10H2,1H3. The van der Waals surface area contributed by atoms with E-state index in [1.165, 1.54) is 25.7 Å². The van der Waals surface area contributed by atoms with E-state index in [0.717, 1.165) is 24.8 Å². The predicted octanol–water partition coefficient (Wildman–Crippen LogP) is 4.30. The fourth-order valence-electron chi connectivity index (χ4n) is 1.93. The predicted molar refractivity (Wildman–Crippen MR) is 69.0 cm³/mol. The first-order chi connectivity index (χ1) is 8.25. The van der Waals surface area contributed by atoms with Crippen LogP contribution in [-0.2, 0) is 6.42 Å². The molecule has 0 atom stereocenters. The topological polar surface area (TPSA) is 43.1 Å². The molecule has 0 aliphatic rings. The second-order valence-electron chi connectivity index (χ2n) is 4.32. The number of aryl methyl sites for hydroxylation is 1. The minimum absolute atomic E-state index is 0.140. The summed E-state index contributed by atoms with van der Waals surface area (Å²) in [5.41, 5.74) is 0.953. The Bertz CT molecular complexity index is 350. The van der Waals surface area contributed by atoms with Crippen LogP contribution < -0.4 is 0 Å². The lowest BCUT2D eigenvalue weighted by Gasteiger charge is -2.02. The molecule has 0 N–H and O–H groups in total. The molecule has 3 nitrogen and oxygen atoms in total. The van der Waals surface area contributed by atoms with Gasteiger partial charge in [-0.1, -0.05) is 51.2 Å². The summed E-state index contributed by atoms with van der Waals surface area (Å²) in [4.78, 5) is 10.4. The van der Waals surface area contributed by atoms with Crippen molar-refractivity contribution in [2.24, 2.45) is 0 Å². The van der Waals surface area contributed by atoms with Gasteiger partial charge in [0.15, 0.2) is 0 Å². The van der Waals surface area contributed by atoms with Crippen molar-refractivity contribution < 1.29 is 4.92 Å². The highest BCUT2D eigenvalue weighted by Gasteiger charge is 2.11. The van der Waals surface area contributed by atoms with E-state index in [4.69, 9.17) is 0 Å². The molecule has 0 aromatic heterocycles. The second kappa shape index (κ2) is 7.82. The third-order valence-corrected chi connectivity index (χ3v) is 2.90. The molecule has 17 heavy (non-hydrogen) atoms. The highest BCUT2D eigenvalue weighted by atomic mass is 16.6. The van der Waals surface area contributed by atoms with Gasteiger partial charge in [-0.05, 0) is 18.9 Å². The van der Waals surface area contributed by atoms with E-state index in [2.05, 4.69) is 13.0 Å². The summed E-state index contributed by atoms with van der Waals surface area (Å²) in [6.07, 6.45) is 8.03. The lowest BCUT2D eigenvalue weighted by Crippen LogP contribution is -1.95. The molecule has 0 heterocycles. The molecule has 1 aromatic carbocycles. The average Bonchev–Trinajstić information content (AvgIpc) is 2.34. The van der Waals surface area contributed by atoms with Gasteiger partial charge in [-0.15, -0.1) is 0 Å². The van der Waals surface area contributed by atoms with Gasteiger partial charge >= 0.3 is 0 Å². The lowest BCUT2D eigenvalue weighted by molar-refractivity contribution is -0.385. The Morgan fingerprint density at radius 3 is 2.65 bits per heavy atom. The van der Waals surface area contributed by atoms with Gasteiger partial charge in [-0.2, -0.15) is 0 Å². The molecule has 0 amide bonds. The van der Waals surface area contributed by atoms with E-state index in [1.54, 1.807) is 6.07 Å². The molecule has 0 saturated carbocycles. The number of hydrogen-bond donors (Lipinski definition) is 0. The van der Waals surface area contributed by atoms with Crippen LogP contribution in [0.25, 0.3) is 0 Å². The highest BCUT2D eigenvalue weighted by Crippen LogP contribution is 2.19. The molecule has 0 aliphatic carbocycles. The minimum Gasteiger partial charge on any atom is -0.258 e. The summed E-state index contributed by atoms with van der Waals surface area (Å²) >= 11 is 0. The van der Waals surface area contributed by atoms with Gasteiger partial charge < -0.3 is 0 Å². The average molecular weight is 234 g/mol. The van der Waals surface area contributed by atoms with Crippen LogP contribution in [0.15, 0.2) is 18.2 Å². The number of rotatable bonds is 8. The van der Waals surface area contributed by atoms with Crippen molar-refractivity contribution >= 4 is 5.69 Å². The monoisotopic (exact) mass is 234 g/mol. The molecule has 0 fully saturated rings. The third kappa shape index (κ3) is 4.98. The van der Waals surface area contributed by atoms with E-state index in [-0.39, 0.29) is 10.6 Å². The molecule has 0 unspecified atom stereocenters. The molecule has 1 aromatic rings. The van der Waals surface area contributed by atoms with Crippen LogP contribution in [0.1, 0.15) is 51.0 Å². The highest BCUT2D eigenvalue weighted by molar-refractivity contribution is 5.38. The van der Waals surface area contributed by atoms with Crippen LogP contribution in [0.2, 0.25) is 0 Å². The van der Waals surface area contributed by atoms with Gasteiger partial charge in [0.1, 0.15) is 0 Å². The van der Waals surface area contributed by atoms with E-state index >= 15 is 0 Å². The van der Waals surface area contributed by atoms with E-state index in [1.807, 2.05) is 12.1 Å². The zero-order valence-electron chi connectivity index (χ0n) is 10.4. The molecule has 0 bridgehead atoms. The fourth-order valence-corrected chi connectivity index (χ4v) is 1.93. The molecular weight excluding hydrogens is 214 g/mol. The Hall–Kier alpha value is -1.38. The summed E-state index contributed by atoms with van der Waals surface area (Å²) < 4.78 is 0. The summed E-state index contributed by atoms with van der Waals surface area (Å²) in [5, 5.41) is 10.8. The summed E-state index contributed by atoms with van der Waals surface area (Å²) in [6, 6.07) is 7.95. The molecule has 93 valence electrons. The maximum absolute atomic E-state index is 10.8. The summed E-state index contributed by atoms with van der Waals surface area (Å²) in [7, 11) is 0. The van der Waals surface area contributed by atoms with Gasteiger partial charge in [-0.3, -0.25) is 10.1 Å². The fraction of sp³-hybridized carbons (Fsp3) is 0.571. The van der Waals surface area contributed by atoms with Gasteiger partial charge in [0, 0.05) is 5.56 Å². The zero-order valence-corrected chi connectivity index (χ0v) is 10.4. The summed E-state index contributed by atoms with van der Waals surface area (Å²) in [5.74, 6) is 0. The maximum atomic E-state index is 10.8. The largest absolute Gasteiger partial charge is 0.280 e. The minimum atomic E-state index is -0.341. The first-order valence-corrected chi connectivity index (χ1v) is 6.39. The third-order valence-electron chi connectivity index (χ3n) is 2.90. The van der Waals surface area contributed by atoms with Gasteiger partial charge in [0.25, 0.3) is 5.69 Å². The number of para-hydroxylation sites is 1. The normalized spacial score (nSPS) is 10.4. The van der Waals surface area contributed by atoms with Crippen molar-refractivity contribution in [3.05, 3.63) is 39.9 Å². The molecule has 0 saturated heterocycles. The Morgan fingerprint density at radius 1 is 1.24 bits per heavy atom. The smallest absolute Gasteiger partial charge is 0.258 e. The number of nitro groups is 1. The van der Waals surface area contributed by atoms with Crippen LogP contribution >= 0.6 is 0 Å². The quantitative estimate of drug-likeness (QED) is 0.382. The van der Waals surface area contributed by atoms with Gasteiger partial charge in [0.05, 0.1) is 11.0 Å². The van der Waals surface area contributed by atoms with Crippen molar-refractivity contribution in [3.63, 3.8) is 0 Å². The van der Waals surface area contributed by atoms with Crippen molar-refractivity contribution in [2.45, 2.75) is 51.9 Å². The van der Waals surface area contributed by atoms with Crippen LogP contribution in [0.4, 0.5) is 5.69 Å². The number of nitro benzene ring substituents is 1. The SMILES string of the molecule is CCCCCCCCc1ccc[c]c1[N+](=O)[O-]. The van der Waals surface area contributed by atoms with Crippen LogP contribution in [-0.4, -0.2) is 4.92 Å². The number of hydrogen-bond acceptors (Lipinski definition) is 2. The Balaban J connectivity index is 2.34. The Kier molecular flexibility index (Phi) is 6.30. The Labute approximate surface area is 103 Å². The maximum Gasteiger partial charge on any atom is 0.280 e. The summed E-state index contributed by atoms with van der Waals surface area (Å²) in [6.45, 7) is 2.20. The van der Waals surface area contributed by atoms with Crippen LogP contribution in [0.5, 0.6) is 0 Å². The van der Waals surface area contributed by atoms with Crippen molar-refractivity contribution in [3.8, 4) is 0 Å². The van der Waals surface area contributed by atoms with E-state index < -0.39 is 0 Å². The first-order valence-electron chi connectivity index (χ1n) is 6.39. The van der Waals surface area contributed by atoms with Crippen molar-refractivity contribution in [1.82, 2.24) is 0 Å². The second-order valence-corrected chi connectivity index (χ2v) is 4.32.